The summed E-state index contributed by atoms with van der Waals surface area (Å²) < 4.78 is 82.5. The van der Waals surface area contributed by atoms with Crippen molar-refractivity contribution in [3.05, 3.63) is 76.6 Å². The van der Waals surface area contributed by atoms with Gasteiger partial charge in [0.25, 0.3) is 5.91 Å². The molecular weight excluding hydrogens is 593 g/mol. The number of phenols is 1. The van der Waals surface area contributed by atoms with Crippen LogP contribution in [0.3, 0.4) is 0 Å². The number of rotatable bonds is 10. The molecule has 1 heterocycles. The number of alkyl halides is 3. The Morgan fingerprint density at radius 2 is 1.77 bits per heavy atom. The standard InChI is InChI=1S/C30H32F5N3O6/c1-3-44-29(42)18-7-9-21(10-8-18)38-27(30(33,34)35)22(14-36-38)28(41)37(15-17-11-19(31)13-20(32)12-17)16-24(40)26-23(39)5-4-6-25(26)43-2/h4-6,11-14,18,21,24,39-40H,3,7-10,15-16H2,1-2H3. The number of hydrogen-bond donors (Lipinski definition) is 2. The number of carbonyl (C=O) groups is 2. The van der Waals surface area contributed by atoms with Gasteiger partial charge in [0.05, 0.1) is 49.5 Å². The fourth-order valence-electron chi connectivity index (χ4n) is 5.55. The molecule has 1 aliphatic carbocycles. The maximum Gasteiger partial charge on any atom is 0.433 e. The quantitative estimate of drug-likeness (QED) is 0.224. The summed E-state index contributed by atoms with van der Waals surface area (Å²) in [5.41, 5.74) is -2.39. The number of esters is 1. The average molecular weight is 626 g/mol. The topological polar surface area (TPSA) is 114 Å². The number of aliphatic hydroxyl groups excluding tert-OH is 1. The van der Waals surface area contributed by atoms with Gasteiger partial charge in [0, 0.05) is 12.6 Å². The van der Waals surface area contributed by atoms with Crippen LogP contribution in [0, 0.1) is 17.6 Å². The van der Waals surface area contributed by atoms with Crippen molar-refractivity contribution in [1.82, 2.24) is 14.7 Å². The Morgan fingerprint density at radius 1 is 1.11 bits per heavy atom. The summed E-state index contributed by atoms with van der Waals surface area (Å²) in [6, 6.07) is 5.76. The van der Waals surface area contributed by atoms with Crippen molar-refractivity contribution in [3.63, 3.8) is 0 Å². The number of nitrogens with zero attached hydrogens (tertiary/aromatic N) is 3. The van der Waals surface area contributed by atoms with Crippen molar-refractivity contribution in [2.75, 3.05) is 20.3 Å². The number of ether oxygens (including phenoxy) is 2. The second-order valence-electron chi connectivity index (χ2n) is 10.5. The number of phenolic OH excluding ortho intramolecular Hbond substituents is 1. The van der Waals surface area contributed by atoms with Crippen LogP contribution in [-0.2, 0) is 22.3 Å². The number of halogens is 5. The summed E-state index contributed by atoms with van der Waals surface area (Å²) in [6.07, 6.45) is -5.02. The van der Waals surface area contributed by atoms with Gasteiger partial charge in [0.1, 0.15) is 29.2 Å². The normalized spacial score (nSPS) is 17.6. The summed E-state index contributed by atoms with van der Waals surface area (Å²) in [4.78, 5) is 26.7. The summed E-state index contributed by atoms with van der Waals surface area (Å²) >= 11 is 0. The molecule has 1 aliphatic rings. The third kappa shape index (κ3) is 7.29. The fraction of sp³-hybridized carbons (Fsp3) is 0.433. The highest BCUT2D eigenvalue weighted by molar-refractivity contribution is 5.95. The predicted molar refractivity (Wildman–Crippen MR) is 146 cm³/mol. The molecule has 0 saturated heterocycles. The van der Waals surface area contributed by atoms with E-state index in [1.165, 1.54) is 25.3 Å². The van der Waals surface area contributed by atoms with E-state index < -0.39 is 77.8 Å². The van der Waals surface area contributed by atoms with E-state index in [2.05, 4.69) is 5.10 Å². The minimum atomic E-state index is -5.03. The lowest BCUT2D eigenvalue weighted by Crippen LogP contribution is -2.36. The Labute approximate surface area is 249 Å². The SMILES string of the molecule is CCOC(=O)C1CCC(n2ncc(C(=O)N(Cc3cc(F)cc(F)c3)CC(O)c3c(O)cccc3OC)c2C(F)(F)F)CC1. The van der Waals surface area contributed by atoms with E-state index >= 15 is 0 Å². The molecule has 1 atom stereocenters. The number of aliphatic hydroxyl groups is 1. The molecule has 9 nitrogen and oxygen atoms in total. The molecule has 0 bridgehead atoms. The Balaban J connectivity index is 1.70. The van der Waals surface area contributed by atoms with Gasteiger partial charge in [-0.2, -0.15) is 18.3 Å². The maximum atomic E-state index is 14.5. The van der Waals surface area contributed by atoms with Crippen LogP contribution in [0.2, 0.25) is 0 Å². The van der Waals surface area contributed by atoms with Crippen LogP contribution in [0.1, 0.15) is 71.9 Å². The van der Waals surface area contributed by atoms with Crippen molar-refractivity contribution >= 4 is 11.9 Å². The van der Waals surface area contributed by atoms with Crippen molar-refractivity contribution in [2.24, 2.45) is 5.92 Å². The lowest BCUT2D eigenvalue weighted by atomic mass is 9.86. The van der Waals surface area contributed by atoms with Gasteiger partial charge in [-0.25, -0.2) is 8.78 Å². The lowest BCUT2D eigenvalue weighted by Gasteiger charge is -2.29. The second-order valence-corrected chi connectivity index (χ2v) is 10.5. The fourth-order valence-corrected chi connectivity index (χ4v) is 5.55. The number of hydrogen-bond acceptors (Lipinski definition) is 7. The van der Waals surface area contributed by atoms with E-state index in [0.29, 0.717) is 6.07 Å². The van der Waals surface area contributed by atoms with Gasteiger partial charge in [0.15, 0.2) is 5.69 Å². The molecule has 0 radical (unpaired) electrons. The summed E-state index contributed by atoms with van der Waals surface area (Å²) in [7, 11) is 1.27. The number of amides is 1. The van der Waals surface area contributed by atoms with Crippen LogP contribution in [0.15, 0.2) is 42.6 Å². The van der Waals surface area contributed by atoms with Gasteiger partial charge in [0.2, 0.25) is 0 Å². The van der Waals surface area contributed by atoms with Crippen LogP contribution in [-0.4, -0.2) is 57.0 Å². The first-order valence-electron chi connectivity index (χ1n) is 13.9. The van der Waals surface area contributed by atoms with Crippen molar-refractivity contribution in [1.29, 1.82) is 0 Å². The molecular formula is C30H32F5N3O6. The largest absolute Gasteiger partial charge is 0.507 e. The first kappa shape index (κ1) is 32.7. The van der Waals surface area contributed by atoms with E-state index in [-0.39, 0.29) is 49.2 Å². The number of carbonyl (C=O) groups excluding carboxylic acids is 2. The number of aromatic hydroxyl groups is 1. The van der Waals surface area contributed by atoms with Crippen LogP contribution < -0.4 is 4.74 Å². The van der Waals surface area contributed by atoms with E-state index in [4.69, 9.17) is 9.47 Å². The highest BCUT2D eigenvalue weighted by Crippen LogP contribution is 2.40. The molecule has 1 fully saturated rings. The molecule has 0 spiro atoms. The molecule has 2 aromatic carbocycles. The molecule has 1 unspecified atom stereocenters. The Hall–Kier alpha value is -4.20. The average Bonchev–Trinajstić information content (AvgIpc) is 3.42. The van der Waals surface area contributed by atoms with Gasteiger partial charge in [-0.1, -0.05) is 6.07 Å². The van der Waals surface area contributed by atoms with Crippen LogP contribution in [0.5, 0.6) is 11.5 Å². The minimum absolute atomic E-state index is 0.0453. The zero-order valence-electron chi connectivity index (χ0n) is 24.0. The summed E-state index contributed by atoms with van der Waals surface area (Å²) in [6.45, 7) is 0.574. The van der Waals surface area contributed by atoms with Gasteiger partial charge in [-0.15, -0.1) is 0 Å². The number of aromatic nitrogens is 2. The van der Waals surface area contributed by atoms with E-state index in [1.807, 2.05) is 0 Å². The first-order chi connectivity index (χ1) is 20.8. The molecule has 44 heavy (non-hydrogen) atoms. The molecule has 2 N–H and O–H groups in total. The van der Waals surface area contributed by atoms with Gasteiger partial charge >= 0.3 is 12.1 Å². The highest BCUT2D eigenvalue weighted by atomic mass is 19.4. The smallest absolute Gasteiger partial charge is 0.433 e. The van der Waals surface area contributed by atoms with Crippen molar-refractivity contribution < 1.29 is 51.2 Å². The lowest BCUT2D eigenvalue weighted by molar-refractivity contribution is -0.151. The predicted octanol–water partition coefficient (Wildman–Crippen LogP) is 5.56. The third-order valence-corrected chi connectivity index (χ3v) is 7.53. The molecule has 238 valence electrons. The Bertz CT molecular complexity index is 1470. The third-order valence-electron chi connectivity index (χ3n) is 7.53. The van der Waals surface area contributed by atoms with Crippen LogP contribution in [0.4, 0.5) is 22.0 Å². The molecule has 0 aliphatic heterocycles. The monoisotopic (exact) mass is 625 g/mol. The molecule has 3 aromatic rings. The number of methoxy groups -OCH3 is 1. The molecule has 4 rings (SSSR count). The minimum Gasteiger partial charge on any atom is -0.507 e. The van der Waals surface area contributed by atoms with Crippen LogP contribution in [0.25, 0.3) is 0 Å². The zero-order chi connectivity index (χ0) is 32.2. The van der Waals surface area contributed by atoms with E-state index in [1.54, 1.807) is 6.92 Å². The summed E-state index contributed by atoms with van der Waals surface area (Å²) in [5, 5.41) is 25.3. The zero-order valence-corrected chi connectivity index (χ0v) is 24.0. The molecule has 1 aromatic heterocycles. The molecule has 14 heteroatoms. The van der Waals surface area contributed by atoms with Gasteiger partial charge in [-0.3, -0.25) is 14.3 Å². The van der Waals surface area contributed by atoms with Crippen molar-refractivity contribution in [2.45, 2.75) is 57.5 Å². The Morgan fingerprint density at radius 3 is 2.36 bits per heavy atom. The van der Waals surface area contributed by atoms with Crippen LogP contribution >= 0.6 is 0 Å². The highest BCUT2D eigenvalue weighted by Gasteiger charge is 2.43. The second kappa shape index (κ2) is 13.6. The van der Waals surface area contributed by atoms with Gasteiger partial charge < -0.3 is 24.6 Å². The number of benzene rings is 2. The van der Waals surface area contributed by atoms with Gasteiger partial charge in [-0.05, 0) is 62.4 Å². The van der Waals surface area contributed by atoms with E-state index in [0.717, 1.165) is 27.9 Å². The van der Waals surface area contributed by atoms with Crippen molar-refractivity contribution in [3.8, 4) is 11.5 Å². The maximum absolute atomic E-state index is 14.5. The van der Waals surface area contributed by atoms with E-state index in [9.17, 15) is 41.8 Å². The first-order valence-corrected chi connectivity index (χ1v) is 13.9. The molecule has 1 saturated carbocycles. The Kier molecular flexibility index (Phi) is 10.1. The summed E-state index contributed by atoms with van der Waals surface area (Å²) in [5.74, 6) is -4.39. The molecule has 1 amide bonds.